The molecule has 0 bridgehead atoms. The number of aliphatic imine (C=N–C) groups is 1. The van der Waals surface area contributed by atoms with Crippen molar-refractivity contribution in [2.24, 2.45) is 10.7 Å². The van der Waals surface area contributed by atoms with Crippen LogP contribution in [0.2, 0.25) is 0 Å². The maximum absolute atomic E-state index is 11.9. The molecule has 2 rings (SSSR count). The summed E-state index contributed by atoms with van der Waals surface area (Å²) >= 11 is 0. The van der Waals surface area contributed by atoms with Gasteiger partial charge in [-0.3, -0.25) is 10.1 Å². The van der Waals surface area contributed by atoms with Crippen molar-refractivity contribution in [3.63, 3.8) is 0 Å². The molecule has 0 aromatic rings. The van der Waals surface area contributed by atoms with Gasteiger partial charge in [-0.1, -0.05) is 6.92 Å². The molecule has 16 heavy (non-hydrogen) atoms. The Morgan fingerprint density at radius 1 is 1.50 bits per heavy atom. The summed E-state index contributed by atoms with van der Waals surface area (Å²) in [6.07, 6.45) is 3.79. The van der Waals surface area contributed by atoms with Crippen LogP contribution >= 0.6 is 0 Å². The summed E-state index contributed by atoms with van der Waals surface area (Å²) in [6.45, 7) is 5.30. The van der Waals surface area contributed by atoms with Gasteiger partial charge in [-0.25, -0.2) is 4.99 Å². The summed E-state index contributed by atoms with van der Waals surface area (Å²) in [6, 6.07) is 0. The van der Waals surface area contributed by atoms with Crippen molar-refractivity contribution < 1.29 is 4.79 Å². The second-order valence-corrected chi connectivity index (χ2v) is 4.68. The Hall–Kier alpha value is -1.10. The molecule has 1 atom stereocenters. The first-order valence-corrected chi connectivity index (χ1v) is 6.05. The lowest BCUT2D eigenvalue weighted by atomic mass is 9.91. The van der Waals surface area contributed by atoms with Gasteiger partial charge in [0.2, 0.25) is 0 Å². The number of rotatable bonds is 2. The minimum atomic E-state index is -0.563. The molecule has 0 aromatic carbocycles. The van der Waals surface area contributed by atoms with E-state index in [1.54, 1.807) is 0 Å². The predicted molar refractivity (Wildman–Crippen MR) is 63.1 cm³/mol. The zero-order valence-corrected chi connectivity index (χ0v) is 9.83. The van der Waals surface area contributed by atoms with E-state index in [0.29, 0.717) is 0 Å². The van der Waals surface area contributed by atoms with Crippen LogP contribution in [-0.4, -0.2) is 41.9 Å². The summed E-state index contributed by atoms with van der Waals surface area (Å²) in [5.74, 6) is 0.275. The lowest BCUT2D eigenvalue weighted by molar-refractivity contribution is -0.124. The third-order valence-electron chi connectivity index (χ3n) is 3.44. The Morgan fingerprint density at radius 3 is 2.94 bits per heavy atom. The first-order chi connectivity index (χ1) is 7.66. The molecular formula is C11H20N4O. The zero-order chi connectivity index (χ0) is 11.6. The number of hydrogen-bond donors (Lipinski definition) is 2. The van der Waals surface area contributed by atoms with Gasteiger partial charge < -0.3 is 10.6 Å². The standard InChI is InChI=1S/C11H20N4O/c1-2-6-15-7-3-4-11(5-8-15)9(16)13-10(12)14-11/h2-8H2,1H3,(H3,12,13,14,16). The fraction of sp³-hybridized carbons (Fsp3) is 0.818. The van der Waals surface area contributed by atoms with Gasteiger partial charge in [0, 0.05) is 6.54 Å². The minimum absolute atomic E-state index is 0.0108. The summed E-state index contributed by atoms with van der Waals surface area (Å²) in [5.41, 5.74) is 5.02. The lowest BCUT2D eigenvalue weighted by Gasteiger charge is -2.21. The van der Waals surface area contributed by atoms with Gasteiger partial charge in [-0.2, -0.15) is 0 Å². The zero-order valence-electron chi connectivity index (χ0n) is 9.83. The Bertz CT molecular complexity index is 315. The second-order valence-electron chi connectivity index (χ2n) is 4.68. The number of carbonyl (C=O) groups excluding carboxylic acids is 1. The quantitative estimate of drug-likeness (QED) is 0.697. The van der Waals surface area contributed by atoms with Crippen LogP contribution in [0.5, 0.6) is 0 Å². The van der Waals surface area contributed by atoms with Gasteiger partial charge in [0.05, 0.1) is 0 Å². The van der Waals surface area contributed by atoms with Gasteiger partial charge in [0.1, 0.15) is 5.54 Å². The largest absolute Gasteiger partial charge is 0.370 e. The number of carbonyl (C=O) groups is 1. The van der Waals surface area contributed by atoms with E-state index in [4.69, 9.17) is 5.73 Å². The van der Waals surface area contributed by atoms with Crippen LogP contribution < -0.4 is 11.1 Å². The van der Waals surface area contributed by atoms with Gasteiger partial charge in [-0.15, -0.1) is 0 Å². The predicted octanol–water partition coefficient (Wildman–Crippen LogP) is 0.0656. The molecule has 2 aliphatic rings. The van der Waals surface area contributed by atoms with Crippen molar-refractivity contribution in [2.45, 2.75) is 38.1 Å². The molecule has 1 spiro atoms. The van der Waals surface area contributed by atoms with E-state index in [1.807, 2.05) is 0 Å². The number of hydrogen-bond acceptors (Lipinski definition) is 4. The van der Waals surface area contributed by atoms with E-state index in [0.717, 1.165) is 45.3 Å². The van der Waals surface area contributed by atoms with E-state index < -0.39 is 5.54 Å². The maximum atomic E-state index is 11.9. The Balaban J connectivity index is 2.05. The molecule has 1 unspecified atom stereocenters. The van der Waals surface area contributed by atoms with Crippen molar-refractivity contribution in [2.75, 3.05) is 19.6 Å². The summed E-state index contributed by atoms with van der Waals surface area (Å²) in [4.78, 5) is 18.6. The average Bonchev–Trinajstić information content (AvgIpc) is 2.41. The van der Waals surface area contributed by atoms with E-state index >= 15 is 0 Å². The van der Waals surface area contributed by atoms with Crippen molar-refractivity contribution in [3.05, 3.63) is 0 Å². The molecule has 2 aliphatic heterocycles. The van der Waals surface area contributed by atoms with Crippen molar-refractivity contribution >= 4 is 11.9 Å². The number of amides is 1. The van der Waals surface area contributed by atoms with Crippen molar-refractivity contribution in [1.82, 2.24) is 10.2 Å². The molecule has 1 fully saturated rings. The van der Waals surface area contributed by atoms with Gasteiger partial charge in [0.15, 0.2) is 5.96 Å². The first kappa shape index (κ1) is 11.4. The van der Waals surface area contributed by atoms with Crippen LogP contribution in [0, 0.1) is 0 Å². The Kier molecular flexibility index (Phi) is 3.14. The number of nitrogens with one attached hydrogen (secondary N) is 1. The molecule has 3 N–H and O–H groups in total. The smallest absolute Gasteiger partial charge is 0.254 e. The third-order valence-corrected chi connectivity index (χ3v) is 3.44. The van der Waals surface area contributed by atoms with Gasteiger partial charge >= 0.3 is 0 Å². The van der Waals surface area contributed by atoms with Crippen LogP contribution in [0.15, 0.2) is 4.99 Å². The van der Waals surface area contributed by atoms with Crippen LogP contribution in [-0.2, 0) is 4.79 Å². The highest BCUT2D eigenvalue weighted by molar-refractivity contribution is 6.06. The molecule has 0 radical (unpaired) electrons. The van der Waals surface area contributed by atoms with Gasteiger partial charge in [0.25, 0.3) is 5.91 Å². The number of guanidine groups is 1. The molecule has 0 aromatic heterocycles. The van der Waals surface area contributed by atoms with Crippen LogP contribution in [0.4, 0.5) is 0 Å². The van der Waals surface area contributed by atoms with E-state index in [2.05, 4.69) is 22.1 Å². The first-order valence-electron chi connectivity index (χ1n) is 6.05. The highest BCUT2D eigenvalue weighted by atomic mass is 16.2. The molecule has 2 heterocycles. The molecule has 1 saturated heterocycles. The molecule has 0 saturated carbocycles. The average molecular weight is 224 g/mol. The van der Waals surface area contributed by atoms with Gasteiger partial charge in [-0.05, 0) is 38.8 Å². The van der Waals surface area contributed by atoms with Crippen LogP contribution in [0.25, 0.3) is 0 Å². The van der Waals surface area contributed by atoms with E-state index in [-0.39, 0.29) is 11.9 Å². The molecule has 90 valence electrons. The third kappa shape index (κ3) is 2.04. The Labute approximate surface area is 96.1 Å². The minimum Gasteiger partial charge on any atom is -0.370 e. The number of likely N-dealkylation sites (tertiary alicyclic amines) is 1. The number of nitrogens with zero attached hydrogens (tertiary/aromatic N) is 2. The molecule has 0 aliphatic carbocycles. The fourth-order valence-electron chi connectivity index (χ4n) is 2.60. The topological polar surface area (TPSA) is 70.7 Å². The normalized spacial score (nSPS) is 31.3. The molecule has 5 heteroatoms. The highest BCUT2D eigenvalue weighted by Gasteiger charge is 2.43. The molecule has 1 amide bonds. The maximum Gasteiger partial charge on any atom is 0.254 e. The van der Waals surface area contributed by atoms with Crippen LogP contribution in [0.3, 0.4) is 0 Å². The lowest BCUT2D eigenvalue weighted by Crippen LogP contribution is -2.41. The monoisotopic (exact) mass is 224 g/mol. The van der Waals surface area contributed by atoms with Crippen molar-refractivity contribution in [3.8, 4) is 0 Å². The second kappa shape index (κ2) is 4.41. The fourth-order valence-corrected chi connectivity index (χ4v) is 2.60. The Morgan fingerprint density at radius 2 is 2.31 bits per heavy atom. The summed E-state index contributed by atoms with van der Waals surface area (Å²) in [7, 11) is 0. The molecular weight excluding hydrogens is 204 g/mol. The molecule has 5 nitrogen and oxygen atoms in total. The van der Waals surface area contributed by atoms with E-state index in [1.165, 1.54) is 0 Å². The summed E-state index contributed by atoms with van der Waals surface area (Å²) in [5, 5.41) is 2.62. The van der Waals surface area contributed by atoms with Crippen LogP contribution in [0.1, 0.15) is 32.6 Å². The summed E-state index contributed by atoms with van der Waals surface area (Å²) < 4.78 is 0. The van der Waals surface area contributed by atoms with Crippen molar-refractivity contribution in [1.29, 1.82) is 0 Å². The highest BCUT2D eigenvalue weighted by Crippen LogP contribution is 2.29. The SMILES string of the molecule is CCCN1CCCC2(CC1)N=C(N)NC2=O. The van der Waals surface area contributed by atoms with E-state index in [9.17, 15) is 4.79 Å². The number of nitrogens with two attached hydrogens (primary N) is 1.